The van der Waals surface area contributed by atoms with Crippen molar-refractivity contribution < 1.29 is 14.3 Å². The lowest BCUT2D eigenvalue weighted by Gasteiger charge is -2.32. The molecule has 0 spiro atoms. The first-order chi connectivity index (χ1) is 10.8. The molecule has 0 unspecified atom stereocenters. The first-order valence-corrected chi connectivity index (χ1v) is 7.92. The van der Waals surface area contributed by atoms with Crippen LogP contribution in [0.5, 0.6) is 0 Å². The minimum atomic E-state index is 0.164. The zero-order chi connectivity index (χ0) is 15.6. The Morgan fingerprint density at radius 1 is 1.27 bits per heavy atom. The van der Waals surface area contributed by atoms with Crippen molar-refractivity contribution in [2.24, 2.45) is 0 Å². The molecule has 1 saturated heterocycles. The lowest BCUT2D eigenvalue weighted by Crippen LogP contribution is -2.44. The molecule has 1 N–H and O–H groups in total. The number of hydrogen-bond acceptors (Lipinski definition) is 4. The van der Waals surface area contributed by atoms with Crippen LogP contribution in [0, 0.1) is 0 Å². The molecule has 2 rings (SSSR count). The molecule has 5 nitrogen and oxygen atoms in total. The molecule has 0 aromatic heterocycles. The quantitative estimate of drug-likeness (QED) is 0.738. The third-order valence-electron chi connectivity index (χ3n) is 3.88. The summed E-state index contributed by atoms with van der Waals surface area (Å²) in [6, 6.07) is 10.2. The maximum atomic E-state index is 12.0. The second kappa shape index (κ2) is 9.56. The molecule has 0 saturated carbocycles. The van der Waals surface area contributed by atoms with Crippen molar-refractivity contribution in [2.45, 2.75) is 25.6 Å². The number of methoxy groups -OCH3 is 1. The van der Waals surface area contributed by atoms with Crippen LogP contribution in [-0.4, -0.2) is 56.8 Å². The van der Waals surface area contributed by atoms with E-state index in [0.717, 1.165) is 25.9 Å². The van der Waals surface area contributed by atoms with E-state index in [2.05, 4.69) is 17.4 Å². The van der Waals surface area contributed by atoms with E-state index in [4.69, 9.17) is 9.47 Å². The topological polar surface area (TPSA) is 50.8 Å². The third-order valence-corrected chi connectivity index (χ3v) is 3.88. The van der Waals surface area contributed by atoms with Gasteiger partial charge in [0.15, 0.2) is 0 Å². The molecular weight excluding hydrogens is 280 g/mol. The molecule has 0 aliphatic carbocycles. The highest BCUT2D eigenvalue weighted by Gasteiger charge is 2.22. The number of piperidine rings is 1. The lowest BCUT2D eigenvalue weighted by molar-refractivity contribution is -0.133. The van der Waals surface area contributed by atoms with Crippen molar-refractivity contribution in [3.8, 4) is 0 Å². The van der Waals surface area contributed by atoms with E-state index in [1.54, 1.807) is 7.11 Å². The van der Waals surface area contributed by atoms with E-state index >= 15 is 0 Å². The summed E-state index contributed by atoms with van der Waals surface area (Å²) in [6.07, 6.45) is 2.08. The van der Waals surface area contributed by atoms with Gasteiger partial charge in [0.25, 0.3) is 0 Å². The fraction of sp³-hybridized carbons (Fsp3) is 0.588. The van der Waals surface area contributed by atoms with Crippen LogP contribution in [0.3, 0.4) is 0 Å². The SMILES string of the molecule is COCCNCC(=O)N1CCC(OCc2ccccc2)CC1. The molecule has 0 radical (unpaired) electrons. The summed E-state index contributed by atoms with van der Waals surface area (Å²) < 4.78 is 10.9. The zero-order valence-electron chi connectivity index (χ0n) is 13.3. The van der Waals surface area contributed by atoms with Gasteiger partial charge in [0.2, 0.25) is 5.91 Å². The van der Waals surface area contributed by atoms with Crippen LogP contribution in [0.2, 0.25) is 0 Å². The van der Waals surface area contributed by atoms with Gasteiger partial charge in [0.05, 0.1) is 25.9 Å². The van der Waals surface area contributed by atoms with Gasteiger partial charge in [-0.25, -0.2) is 0 Å². The summed E-state index contributed by atoms with van der Waals surface area (Å²) in [5.41, 5.74) is 1.20. The number of hydrogen-bond donors (Lipinski definition) is 1. The highest BCUT2D eigenvalue weighted by molar-refractivity contribution is 5.78. The zero-order valence-corrected chi connectivity index (χ0v) is 13.3. The number of carbonyl (C=O) groups excluding carboxylic acids is 1. The molecule has 0 atom stereocenters. The van der Waals surface area contributed by atoms with Crippen molar-refractivity contribution in [1.82, 2.24) is 10.2 Å². The van der Waals surface area contributed by atoms with Gasteiger partial charge < -0.3 is 19.7 Å². The number of benzene rings is 1. The normalized spacial score (nSPS) is 16.0. The summed E-state index contributed by atoms with van der Waals surface area (Å²) in [5, 5.41) is 3.09. The molecule has 1 aliphatic heterocycles. The Hall–Kier alpha value is -1.43. The van der Waals surface area contributed by atoms with Gasteiger partial charge in [-0.05, 0) is 18.4 Å². The van der Waals surface area contributed by atoms with Crippen LogP contribution in [0.1, 0.15) is 18.4 Å². The minimum absolute atomic E-state index is 0.164. The van der Waals surface area contributed by atoms with E-state index < -0.39 is 0 Å². The predicted octanol–water partition coefficient (Wildman–Crippen LogP) is 1.43. The fourth-order valence-electron chi connectivity index (χ4n) is 2.54. The molecule has 1 aromatic rings. The molecule has 122 valence electrons. The Balaban J connectivity index is 1.62. The molecule has 5 heteroatoms. The van der Waals surface area contributed by atoms with Crippen molar-refractivity contribution in [1.29, 1.82) is 0 Å². The van der Waals surface area contributed by atoms with E-state index in [9.17, 15) is 4.79 Å². The second-order valence-electron chi connectivity index (χ2n) is 5.55. The molecular formula is C17H26N2O3. The Morgan fingerprint density at radius 2 is 2.00 bits per heavy atom. The fourth-order valence-corrected chi connectivity index (χ4v) is 2.54. The monoisotopic (exact) mass is 306 g/mol. The first kappa shape index (κ1) is 16.9. The Kier molecular flexibility index (Phi) is 7.36. The summed E-state index contributed by atoms with van der Waals surface area (Å²) in [6.45, 7) is 3.94. The van der Waals surface area contributed by atoms with Crippen molar-refractivity contribution in [3.05, 3.63) is 35.9 Å². The number of nitrogens with one attached hydrogen (secondary N) is 1. The summed E-state index contributed by atoms with van der Waals surface area (Å²) in [7, 11) is 1.66. The number of nitrogens with zero attached hydrogens (tertiary/aromatic N) is 1. The van der Waals surface area contributed by atoms with Gasteiger partial charge in [-0.1, -0.05) is 30.3 Å². The highest BCUT2D eigenvalue weighted by Crippen LogP contribution is 2.15. The maximum absolute atomic E-state index is 12.0. The van der Waals surface area contributed by atoms with Crippen molar-refractivity contribution in [3.63, 3.8) is 0 Å². The molecule has 1 amide bonds. The van der Waals surface area contributed by atoms with Gasteiger partial charge in [-0.3, -0.25) is 4.79 Å². The smallest absolute Gasteiger partial charge is 0.236 e. The summed E-state index contributed by atoms with van der Waals surface area (Å²) >= 11 is 0. The number of ether oxygens (including phenoxy) is 2. The molecule has 1 fully saturated rings. The summed E-state index contributed by atoms with van der Waals surface area (Å²) in [4.78, 5) is 13.9. The van der Waals surface area contributed by atoms with Crippen molar-refractivity contribution >= 4 is 5.91 Å². The molecule has 1 aliphatic rings. The minimum Gasteiger partial charge on any atom is -0.383 e. The number of likely N-dealkylation sites (tertiary alicyclic amines) is 1. The summed E-state index contributed by atoms with van der Waals surface area (Å²) in [5.74, 6) is 0.164. The first-order valence-electron chi connectivity index (χ1n) is 7.92. The average Bonchev–Trinajstić information content (AvgIpc) is 2.58. The molecule has 1 heterocycles. The Labute approximate surface area is 132 Å². The van der Waals surface area contributed by atoms with Gasteiger partial charge in [0.1, 0.15) is 0 Å². The molecule has 1 aromatic carbocycles. The van der Waals surface area contributed by atoms with Gasteiger partial charge >= 0.3 is 0 Å². The number of rotatable bonds is 8. The Bertz CT molecular complexity index is 431. The van der Waals surface area contributed by atoms with Crippen LogP contribution in [0.4, 0.5) is 0 Å². The Morgan fingerprint density at radius 3 is 2.68 bits per heavy atom. The molecule has 0 bridgehead atoms. The van der Waals surface area contributed by atoms with Gasteiger partial charge in [0, 0.05) is 26.7 Å². The van der Waals surface area contributed by atoms with Crippen LogP contribution in [0.15, 0.2) is 30.3 Å². The van der Waals surface area contributed by atoms with Crippen LogP contribution in [0.25, 0.3) is 0 Å². The third kappa shape index (κ3) is 5.75. The standard InChI is InChI=1S/C17H26N2O3/c1-21-12-9-18-13-17(20)19-10-7-16(8-11-19)22-14-15-5-3-2-4-6-15/h2-6,16,18H,7-14H2,1H3. The van der Waals surface area contributed by atoms with Gasteiger partial charge in [-0.15, -0.1) is 0 Å². The van der Waals surface area contributed by atoms with E-state index in [0.29, 0.717) is 26.3 Å². The van der Waals surface area contributed by atoms with Crippen molar-refractivity contribution in [2.75, 3.05) is 39.9 Å². The largest absolute Gasteiger partial charge is 0.383 e. The number of amides is 1. The highest BCUT2D eigenvalue weighted by atomic mass is 16.5. The van der Waals surface area contributed by atoms with Crippen LogP contribution >= 0.6 is 0 Å². The molecule has 22 heavy (non-hydrogen) atoms. The lowest BCUT2D eigenvalue weighted by atomic mass is 10.1. The van der Waals surface area contributed by atoms with Crippen LogP contribution < -0.4 is 5.32 Å². The predicted molar refractivity (Wildman–Crippen MR) is 85.6 cm³/mol. The van der Waals surface area contributed by atoms with E-state index in [-0.39, 0.29) is 12.0 Å². The van der Waals surface area contributed by atoms with Gasteiger partial charge in [-0.2, -0.15) is 0 Å². The van der Waals surface area contributed by atoms with Crippen LogP contribution in [-0.2, 0) is 20.9 Å². The second-order valence-corrected chi connectivity index (χ2v) is 5.55. The number of carbonyl (C=O) groups is 1. The maximum Gasteiger partial charge on any atom is 0.236 e. The van der Waals surface area contributed by atoms with E-state index in [1.807, 2.05) is 23.1 Å². The van der Waals surface area contributed by atoms with E-state index in [1.165, 1.54) is 5.56 Å². The average molecular weight is 306 g/mol.